The Kier molecular flexibility index (Phi) is 4.90. The molecule has 0 spiro atoms. The van der Waals surface area contributed by atoms with Crippen molar-refractivity contribution in [3.63, 3.8) is 0 Å². The van der Waals surface area contributed by atoms with E-state index >= 15 is 0 Å². The number of hydrogen-bond acceptors (Lipinski definition) is 2. The molecular weight excluding hydrogens is 312 g/mol. The lowest BCUT2D eigenvalue weighted by atomic mass is 9.91. The van der Waals surface area contributed by atoms with Gasteiger partial charge in [-0.05, 0) is 43.1 Å². The molecule has 2 unspecified atom stereocenters. The summed E-state index contributed by atoms with van der Waals surface area (Å²) in [5, 5.41) is 9.57. The van der Waals surface area contributed by atoms with E-state index in [1.54, 1.807) is 30.3 Å². The van der Waals surface area contributed by atoms with Gasteiger partial charge in [0.15, 0.2) is 0 Å². The Balaban J connectivity index is 2.09. The summed E-state index contributed by atoms with van der Waals surface area (Å²) in [6.07, 6.45) is 2.22. The van der Waals surface area contributed by atoms with E-state index in [1.807, 2.05) is 4.90 Å². The minimum atomic E-state index is -0.904. The fraction of sp³-hybridized carbons (Fsp3) is 0.316. The van der Waals surface area contributed by atoms with Crippen LogP contribution in [0.1, 0.15) is 36.4 Å². The van der Waals surface area contributed by atoms with E-state index in [0.717, 1.165) is 12.8 Å². The smallest absolute Gasteiger partial charge is 0.320 e. The van der Waals surface area contributed by atoms with Crippen molar-refractivity contribution in [3.8, 4) is 0 Å². The van der Waals surface area contributed by atoms with Crippen molar-refractivity contribution < 1.29 is 18.7 Å². The average molecular weight is 331 g/mol. The lowest BCUT2D eigenvalue weighted by molar-refractivity contribution is -0.145. The molecule has 2 aromatic rings. The minimum absolute atomic E-state index is 0.375. The number of aliphatic carboxylic acids is 1. The summed E-state index contributed by atoms with van der Waals surface area (Å²) >= 11 is 0. The molecule has 1 aliphatic heterocycles. The highest BCUT2D eigenvalue weighted by Gasteiger charge is 2.36. The minimum Gasteiger partial charge on any atom is -0.480 e. The first-order chi connectivity index (χ1) is 11.6. The zero-order chi connectivity index (χ0) is 17.1. The highest BCUT2D eigenvalue weighted by atomic mass is 19.1. The van der Waals surface area contributed by atoms with Gasteiger partial charge >= 0.3 is 5.97 Å². The third-order valence-electron chi connectivity index (χ3n) is 4.55. The Morgan fingerprint density at radius 3 is 2.46 bits per heavy atom. The molecule has 24 heavy (non-hydrogen) atoms. The molecule has 3 rings (SSSR count). The van der Waals surface area contributed by atoms with Crippen LogP contribution in [0.15, 0.2) is 48.5 Å². The molecule has 0 aliphatic carbocycles. The Morgan fingerprint density at radius 1 is 1.08 bits per heavy atom. The lowest BCUT2D eigenvalue weighted by Crippen LogP contribution is -2.47. The number of likely N-dealkylation sites (tertiary alicyclic amines) is 1. The first-order valence-corrected chi connectivity index (χ1v) is 8.06. The van der Waals surface area contributed by atoms with Crippen LogP contribution in [0.2, 0.25) is 0 Å². The third-order valence-corrected chi connectivity index (χ3v) is 4.55. The molecule has 0 radical (unpaired) electrons. The van der Waals surface area contributed by atoms with Gasteiger partial charge in [0.2, 0.25) is 0 Å². The maximum atomic E-state index is 14.4. The number of benzene rings is 2. The summed E-state index contributed by atoms with van der Waals surface area (Å²) in [6, 6.07) is 11.0. The van der Waals surface area contributed by atoms with E-state index in [0.29, 0.717) is 24.1 Å². The van der Waals surface area contributed by atoms with Gasteiger partial charge in [-0.25, -0.2) is 8.78 Å². The molecule has 1 saturated heterocycles. The number of nitrogens with zero attached hydrogens (tertiary/aromatic N) is 1. The van der Waals surface area contributed by atoms with Crippen molar-refractivity contribution in [2.24, 2.45) is 0 Å². The van der Waals surface area contributed by atoms with Gasteiger partial charge in [-0.1, -0.05) is 36.8 Å². The second-order valence-electron chi connectivity index (χ2n) is 6.06. The highest BCUT2D eigenvalue weighted by Crippen LogP contribution is 2.35. The monoisotopic (exact) mass is 331 g/mol. The highest BCUT2D eigenvalue weighted by molar-refractivity contribution is 5.73. The molecule has 1 aliphatic rings. The molecule has 0 aromatic heterocycles. The average Bonchev–Trinajstić information content (AvgIpc) is 2.59. The van der Waals surface area contributed by atoms with Crippen LogP contribution < -0.4 is 0 Å². The van der Waals surface area contributed by atoms with Gasteiger partial charge in [0.25, 0.3) is 0 Å². The van der Waals surface area contributed by atoms with Crippen LogP contribution in [-0.4, -0.2) is 28.6 Å². The molecule has 0 bridgehead atoms. The molecule has 1 heterocycles. The maximum Gasteiger partial charge on any atom is 0.320 e. The molecular formula is C19H19F2NO2. The van der Waals surface area contributed by atoms with Crippen molar-refractivity contribution in [3.05, 3.63) is 71.3 Å². The van der Waals surface area contributed by atoms with Crippen LogP contribution >= 0.6 is 0 Å². The van der Waals surface area contributed by atoms with Crippen molar-refractivity contribution in [1.29, 1.82) is 0 Å². The fourth-order valence-corrected chi connectivity index (χ4v) is 3.42. The summed E-state index contributed by atoms with van der Waals surface area (Å²) in [5.74, 6) is -1.67. The first kappa shape index (κ1) is 16.6. The number of rotatable bonds is 4. The van der Waals surface area contributed by atoms with Crippen molar-refractivity contribution >= 4 is 5.97 Å². The molecule has 1 N–H and O–H groups in total. The Bertz CT molecular complexity index is 718. The number of hydrogen-bond donors (Lipinski definition) is 1. The van der Waals surface area contributed by atoms with E-state index in [2.05, 4.69) is 0 Å². The molecule has 2 aromatic carbocycles. The summed E-state index contributed by atoms with van der Waals surface area (Å²) in [6.45, 7) is 0.563. The van der Waals surface area contributed by atoms with Gasteiger partial charge in [0.05, 0.1) is 6.04 Å². The second-order valence-corrected chi connectivity index (χ2v) is 6.06. The Hall–Kier alpha value is -2.27. The Morgan fingerprint density at radius 2 is 1.79 bits per heavy atom. The molecule has 5 heteroatoms. The van der Waals surface area contributed by atoms with Crippen LogP contribution in [0, 0.1) is 11.6 Å². The van der Waals surface area contributed by atoms with Crippen molar-refractivity contribution in [2.75, 3.05) is 6.54 Å². The summed E-state index contributed by atoms with van der Waals surface area (Å²) < 4.78 is 27.7. The first-order valence-electron chi connectivity index (χ1n) is 8.06. The lowest BCUT2D eigenvalue weighted by Gasteiger charge is -2.39. The normalized spacial score (nSPS) is 19.8. The predicted molar refractivity (Wildman–Crippen MR) is 86.6 cm³/mol. The maximum absolute atomic E-state index is 14.4. The number of halogens is 2. The third kappa shape index (κ3) is 3.31. The molecule has 1 fully saturated rings. The molecule has 2 atom stereocenters. The fourth-order valence-electron chi connectivity index (χ4n) is 3.42. The van der Waals surface area contributed by atoms with Crippen molar-refractivity contribution in [1.82, 2.24) is 4.90 Å². The van der Waals surface area contributed by atoms with Crippen LogP contribution in [0.25, 0.3) is 0 Å². The summed E-state index contributed by atoms with van der Waals surface area (Å²) in [7, 11) is 0. The molecule has 3 nitrogen and oxygen atoms in total. The quantitative estimate of drug-likeness (QED) is 0.921. The van der Waals surface area contributed by atoms with Gasteiger partial charge in [0.1, 0.15) is 17.7 Å². The van der Waals surface area contributed by atoms with Gasteiger partial charge in [0, 0.05) is 5.56 Å². The topological polar surface area (TPSA) is 40.5 Å². The van der Waals surface area contributed by atoms with E-state index in [1.165, 1.54) is 18.2 Å². The standard InChI is InChI=1S/C19H19F2NO2/c20-14-10-8-13(9-11-14)18(15-5-1-2-6-16(15)21)22-12-4-3-7-17(22)19(23)24/h1-2,5-6,8-11,17-18H,3-4,7,12H2,(H,23,24). The molecule has 0 amide bonds. The van der Waals surface area contributed by atoms with E-state index in [-0.39, 0.29) is 11.6 Å². The second kappa shape index (κ2) is 7.09. The zero-order valence-electron chi connectivity index (χ0n) is 13.2. The molecule has 126 valence electrons. The van der Waals surface area contributed by atoms with Crippen LogP contribution in [0.4, 0.5) is 8.78 Å². The van der Waals surface area contributed by atoms with Gasteiger partial charge < -0.3 is 5.11 Å². The number of carboxylic acids is 1. The largest absolute Gasteiger partial charge is 0.480 e. The predicted octanol–water partition coefficient (Wildman–Crippen LogP) is 3.99. The number of carbonyl (C=O) groups is 1. The zero-order valence-corrected chi connectivity index (χ0v) is 13.2. The van der Waals surface area contributed by atoms with E-state index in [9.17, 15) is 18.7 Å². The van der Waals surface area contributed by atoms with Crippen LogP contribution in [0.3, 0.4) is 0 Å². The van der Waals surface area contributed by atoms with Crippen LogP contribution in [-0.2, 0) is 4.79 Å². The van der Waals surface area contributed by atoms with Gasteiger partial charge in [-0.15, -0.1) is 0 Å². The van der Waals surface area contributed by atoms with E-state index in [4.69, 9.17) is 0 Å². The Labute approximate surface area is 139 Å². The van der Waals surface area contributed by atoms with Gasteiger partial charge in [-0.3, -0.25) is 9.69 Å². The van der Waals surface area contributed by atoms with Gasteiger partial charge in [-0.2, -0.15) is 0 Å². The SMILES string of the molecule is O=C(O)C1CCCCN1C(c1ccc(F)cc1)c1ccccc1F. The van der Waals surface area contributed by atoms with Crippen molar-refractivity contribution in [2.45, 2.75) is 31.3 Å². The number of piperidine rings is 1. The summed E-state index contributed by atoms with van der Waals surface area (Å²) in [4.78, 5) is 13.5. The van der Waals surface area contributed by atoms with Crippen LogP contribution in [0.5, 0.6) is 0 Å². The van der Waals surface area contributed by atoms with E-state index < -0.39 is 18.1 Å². The summed E-state index contributed by atoms with van der Waals surface area (Å²) in [5.41, 5.74) is 1.10. The molecule has 0 saturated carbocycles. The number of carboxylic acid groups (broad SMARTS) is 1.